The smallest absolute Gasteiger partial charge is 0.244 e. The molecule has 0 amide bonds. The van der Waals surface area contributed by atoms with Crippen LogP contribution in [0.4, 0.5) is 0 Å². The number of hydrogen-bond donors (Lipinski definition) is 0. The number of ether oxygens (including phenoxy) is 2. The van der Waals surface area contributed by atoms with Gasteiger partial charge in [-0.05, 0) is 18.6 Å². The zero-order valence-electron chi connectivity index (χ0n) is 7.99. The molecule has 1 aliphatic rings. The molecule has 0 aromatic heterocycles. The summed E-state index contributed by atoms with van der Waals surface area (Å²) >= 11 is 0. The summed E-state index contributed by atoms with van der Waals surface area (Å²) in [6, 6.07) is 7.80. The number of fused-ring (bicyclic) bond motifs is 1. The predicted octanol–water partition coefficient (Wildman–Crippen LogP) is 2.83. The molecule has 1 atom stereocenters. The van der Waals surface area contributed by atoms with E-state index in [-0.39, 0.29) is 6.29 Å². The van der Waals surface area contributed by atoms with E-state index in [9.17, 15) is 0 Å². The van der Waals surface area contributed by atoms with Crippen molar-refractivity contribution >= 4 is 0 Å². The van der Waals surface area contributed by atoms with Gasteiger partial charge in [0.15, 0.2) is 11.5 Å². The molecule has 0 fully saturated rings. The molecule has 1 heterocycles. The van der Waals surface area contributed by atoms with Crippen LogP contribution in [0, 0.1) is 5.92 Å². The van der Waals surface area contributed by atoms with Crippen molar-refractivity contribution < 1.29 is 9.47 Å². The van der Waals surface area contributed by atoms with Crippen LogP contribution in [0.25, 0.3) is 0 Å². The van der Waals surface area contributed by atoms with Crippen LogP contribution in [-0.4, -0.2) is 6.29 Å². The molecule has 2 rings (SSSR count). The SMILES string of the molecule is CCC(C)C1Oc2ccccc2O1. The van der Waals surface area contributed by atoms with E-state index < -0.39 is 0 Å². The normalized spacial score (nSPS) is 17.4. The van der Waals surface area contributed by atoms with E-state index in [1.807, 2.05) is 24.3 Å². The maximum Gasteiger partial charge on any atom is 0.244 e. The van der Waals surface area contributed by atoms with Gasteiger partial charge in [0, 0.05) is 5.92 Å². The number of rotatable bonds is 2. The summed E-state index contributed by atoms with van der Waals surface area (Å²) in [6.07, 6.45) is 0.973. The Morgan fingerprint density at radius 2 is 1.77 bits per heavy atom. The monoisotopic (exact) mass is 178 g/mol. The highest BCUT2D eigenvalue weighted by Gasteiger charge is 2.27. The third-order valence-electron chi connectivity index (χ3n) is 2.44. The van der Waals surface area contributed by atoms with E-state index >= 15 is 0 Å². The summed E-state index contributed by atoms with van der Waals surface area (Å²) in [5.74, 6) is 2.17. The maximum absolute atomic E-state index is 5.64. The van der Waals surface area contributed by atoms with Crippen molar-refractivity contribution in [2.75, 3.05) is 0 Å². The van der Waals surface area contributed by atoms with Crippen molar-refractivity contribution in [1.29, 1.82) is 0 Å². The summed E-state index contributed by atoms with van der Waals surface area (Å²) in [7, 11) is 0. The molecular formula is C11H14O2. The van der Waals surface area contributed by atoms with Crippen molar-refractivity contribution in [3.63, 3.8) is 0 Å². The van der Waals surface area contributed by atoms with Gasteiger partial charge in [-0.15, -0.1) is 0 Å². The topological polar surface area (TPSA) is 18.5 Å². The average Bonchev–Trinajstić information content (AvgIpc) is 2.59. The van der Waals surface area contributed by atoms with Crippen molar-refractivity contribution in [1.82, 2.24) is 0 Å². The molecule has 0 N–H and O–H groups in total. The molecule has 0 spiro atoms. The number of benzene rings is 1. The molecular weight excluding hydrogens is 164 g/mol. The van der Waals surface area contributed by atoms with Gasteiger partial charge < -0.3 is 9.47 Å². The summed E-state index contributed by atoms with van der Waals surface area (Å²) in [4.78, 5) is 0. The van der Waals surface area contributed by atoms with E-state index in [0.717, 1.165) is 17.9 Å². The minimum absolute atomic E-state index is 0.0950. The Morgan fingerprint density at radius 3 is 2.23 bits per heavy atom. The van der Waals surface area contributed by atoms with Crippen LogP contribution >= 0.6 is 0 Å². The molecule has 1 aliphatic heterocycles. The van der Waals surface area contributed by atoms with Gasteiger partial charge in [0.1, 0.15) is 0 Å². The number of para-hydroxylation sites is 2. The van der Waals surface area contributed by atoms with Gasteiger partial charge in [0.2, 0.25) is 6.29 Å². The van der Waals surface area contributed by atoms with Crippen LogP contribution in [0.3, 0.4) is 0 Å². The minimum Gasteiger partial charge on any atom is -0.451 e. The third kappa shape index (κ3) is 1.48. The van der Waals surface area contributed by atoms with Gasteiger partial charge in [0.05, 0.1) is 0 Å². The van der Waals surface area contributed by atoms with Gasteiger partial charge in [-0.25, -0.2) is 0 Å². The van der Waals surface area contributed by atoms with Crippen molar-refractivity contribution in [3.05, 3.63) is 24.3 Å². The Morgan fingerprint density at radius 1 is 1.23 bits per heavy atom. The third-order valence-corrected chi connectivity index (χ3v) is 2.44. The summed E-state index contributed by atoms with van der Waals surface area (Å²) in [5, 5.41) is 0. The summed E-state index contributed by atoms with van der Waals surface area (Å²) in [6.45, 7) is 4.27. The van der Waals surface area contributed by atoms with Gasteiger partial charge in [-0.3, -0.25) is 0 Å². The largest absolute Gasteiger partial charge is 0.451 e. The van der Waals surface area contributed by atoms with E-state index in [1.54, 1.807) is 0 Å². The van der Waals surface area contributed by atoms with Gasteiger partial charge in [-0.1, -0.05) is 26.0 Å². The molecule has 0 aliphatic carbocycles. The van der Waals surface area contributed by atoms with Crippen LogP contribution in [0.15, 0.2) is 24.3 Å². The van der Waals surface area contributed by atoms with Crippen molar-refractivity contribution in [3.8, 4) is 11.5 Å². The quantitative estimate of drug-likeness (QED) is 0.693. The summed E-state index contributed by atoms with van der Waals surface area (Å²) in [5.41, 5.74) is 0. The lowest BCUT2D eigenvalue weighted by molar-refractivity contribution is 0.00135. The first kappa shape index (κ1) is 8.42. The Bertz CT molecular complexity index is 271. The molecule has 1 unspecified atom stereocenters. The Labute approximate surface area is 78.5 Å². The van der Waals surface area contributed by atoms with E-state index in [2.05, 4.69) is 13.8 Å². The molecule has 0 saturated heterocycles. The Hall–Kier alpha value is -1.18. The second kappa shape index (κ2) is 3.29. The zero-order valence-corrected chi connectivity index (χ0v) is 7.99. The predicted molar refractivity (Wildman–Crippen MR) is 50.9 cm³/mol. The first-order valence-electron chi connectivity index (χ1n) is 4.73. The number of hydrogen-bond acceptors (Lipinski definition) is 2. The van der Waals surface area contributed by atoms with E-state index in [1.165, 1.54) is 0 Å². The van der Waals surface area contributed by atoms with E-state index in [4.69, 9.17) is 9.47 Å². The van der Waals surface area contributed by atoms with Crippen LogP contribution in [0.1, 0.15) is 20.3 Å². The fraction of sp³-hybridized carbons (Fsp3) is 0.455. The lowest BCUT2D eigenvalue weighted by Gasteiger charge is -2.15. The fourth-order valence-electron chi connectivity index (χ4n) is 1.34. The van der Waals surface area contributed by atoms with Gasteiger partial charge in [0.25, 0.3) is 0 Å². The minimum atomic E-state index is -0.0950. The molecule has 70 valence electrons. The van der Waals surface area contributed by atoms with Crippen molar-refractivity contribution in [2.24, 2.45) is 5.92 Å². The lowest BCUT2D eigenvalue weighted by Crippen LogP contribution is -2.26. The molecule has 13 heavy (non-hydrogen) atoms. The van der Waals surface area contributed by atoms with Crippen LogP contribution < -0.4 is 9.47 Å². The highest BCUT2D eigenvalue weighted by atomic mass is 16.7. The first-order chi connectivity index (χ1) is 6.31. The standard InChI is InChI=1S/C11H14O2/c1-3-8(2)11-12-9-6-4-5-7-10(9)13-11/h4-8,11H,3H2,1-2H3. The molecule has 1 aromatic rings. The maximum atomic E-state index is 5.64. The van der Waals surface area contributed by atoms with Crippen LogP contribution in [-0.2, 0) is 0 Å². The Kier molecular flexibility index (Phi) is 2.13. The molecule has 2 nitrogen and oxygen atoms in total. The molecule has 2 heteroatoms. The molecule has 0 bridgehead atoms. The highest BCUT2D eigenvalue weighted by Crippen LogP contribution is 2.36. The van der Waals surface area contributed by atoms with Crippen LogP contribution in [0.2, 0.25) is 0 Å². The second-order valence-corrected chi connectivity index (χ2v) is 3.44. The van der Waals surface area contributed by atoms with E-state index in [0.29, 0.717) is 5.92 Å². The highest BCUT2D eigenvalue weighted by molar-refractivity contribution is 5.41. The van der Waals surface area contributed by atoms with Gasteiger partial charge in [-0.2, -0.15) is 0 Å². The van der Waals surface area contributed by atoms with Crippen molar-refractivity contribution in [2.45, 2.75) is 26.6 Å². The zero-order chi connectivity index (χ0) is 9.26. The first-order valence-corrected chi connectivity index (χ1v) is 4.73. The Balaban J connectivity index is 2.14. The average molecular weight is 178 g/mol. The van der Waals surface area contributed by atoms with Gasteiger partial charge >= 0.3 is 0 Å². The fourth-order valence-corrected chi connectivity index (χ4v) is 1.34. The molecule has 0 saturated carbocycles. The lowest BCUT2D eigenvalue weighted by atomic mass is 10.1. The summed E-state index contributed by atoms with van der Waals surface area (Å²) < 4.78 is 11.3. The second-order valence-electron chi connectivity index (χ2n) is 3.44. The molecule has 0 radical (unpaired) electrons. The molecule has 1 aromatic carbocycles. The van der Waals surface area contributed by atoms with Crippen LogP contribution in [0.5, 0.6) is 11.5 Å².